The first kappa shape index (κ1) is 29.7. The van der Waals surface area contributed by atoms with Crippen LogP contribution in [0, 0.1) is 11.3 Å². The lowest BCUT2D eigenvalue weighted by Crippen LogP contribution is -2.55. The summed E-state index contributed by atoms with van der Waals surface area (Å²) in [6, 6.07) is 9.05. The summed E-state index contributed by atoms with van der Waals surface area (Å²) in [4.78, 5) is 30.5. The molecule has 3 aliphatic heterocycles. The summed E-state index contributed by atoms with van der Waals surface area (Å²) < 4.78 is 34.5. The molecule has 2 saturated heterocycles. The van der Waals surface area contributed by atoms with E-state index in [1.54, 1.807) is 17.0 Å². The number of likely N-dealkylation sites (tertiary alicyclic amines) is 1. The Morgan fingerprint density at radius 3 is 2.74 bits per heavy atom. The number of piperazine rings is 1. The van der Waals surface area contributed by atoms with Gasteiger partial charge >= 0.3 is 6.01 Å². The molecule has 1 unspecified atom stereocenters. The third kappa shape index (κ3) is 6.49. The van der Waals surface area contributed by atoms with Crippen molar-refractivity contribution in [2.45, 2.75) is 63.6 Å². The summed E-state index contributed by atoms with van der Waals surface area (Å²) in [5.74, 6) is -2.35. The second-order valence-corrected chi connectivity index (χ2v) is 11.5. The van der Waals surface area contributed by atoms with Crippen molar-refractivity contribution in [1.82, 2.24) is 19.8 Å². The summed E-state index contributed by atoms with van der Waals surface area (Å²) in [6.07, 6.45) is 5.17. The van der Waals surface area contributed by atoms with Crippen LogP contribution in [-0.4, -0.2) is 84.1 Å². The molecule has 0 bridgehead atoms. The SMILES string of the molecule is C=CC(=O)N1CCN(c2nc(OC[C@@H]3CCCN3C)nc3c2CCCN(c2cccc(C(C)(F)F)c2)C3)CC1CC#N. The molecular weight excluding hydrogens is 540 g/mol. The van der Waals surface area contributed by atoms with Gasteiger partial charge in [0.15, 0.2) is 0 Å². The number of benzene rings is 1. The molecule has 0 saturated carbocycles. The fraction of sp³-hybridized carbons (Fsp3) is 0.548. The fourth-order valence-corrected chi connectivity index (χ4v) is 6.21. The van der Waals surface area contributed by atoms with Crippen LogP contribution < -0.4 is 14.5 Å². The lowest BCUT2D eigenvalue weighted by molar-refractivity contribution is -0.128. The van der Waals surface area contributed by atoms with Crippen LogP contribution in [0.2, 0.25) is 0 Å². The summed E-state index contributed by atoms with van der Waals surface area (Å²) in [5.41, 5.74) is 2.51. The molecule has 3 aliphatic rings. The van der Waals surface area contributed by atoms with Crippen molar-refractivity contribution in [3.63, 3.8) is 0 Å². The zero-order chi connectivity index (χ0) is 29.9. The average molecular weight is 580 g/mol. The highest BCUT2D eigenvalue weighted by molar-refractivity contribution is 5.87. The van der Waals surface area contributed by atoms with Crippen LogP contribution in [0.4, 0.5) is 20.3 Å². The van der Waals surface area contributed by atoms with Crippen LogP contribution in [0.25, 0.3) is 0 Å². The van der Waals surface area contributed by atoms with E-state index in [1.165, 1.54) is 12.1 Å². The Morgan fingerprint density at radius 1 is 1.19 bits per heavy atom. The highest BCUT2D eigenvalue weighted by atomic mass is 19.3. The number of nitriles is 1. The Balaban J connectivity index is 1.48. The molecule has 11 heteroatoms. The first-order chi connectivity index (χ1) is 20.2. The number of aromatic nitrogens is 2. The van der Waals surface area contributed by atoms with Gasteiger partial charge in [-0.15, -0.1) is 0 Å². The van der Waals surface area contributed by atoms with Crippen LogP contribution in [-0.2, 0) is 23.7 Å². The molecule has 1 amide bonds. The van der Waals surface area contributed by atoms with Crippen LogP contribution >= 0.6 is 0 Å². The molecular formula is C31H39F2N7O2. The van der Waals surface area contributed by atoms with E-state index in [0.717, 1.165) is 55.5 Å². The number of hydrogen-bond donors (Lipinski definition) is 0. The molecule has 9 nitrogen and oxygen atoms in total. The number of halogens is 2. The van der Waals surface area contributed by atoms with Gasteiger partial charge in [-0.1, -0.05) is 18.7 Å². The van der Waals surface area contributed by atoms with E-state index in [1.807, 2.05) is 6.07 Å². The van der Waals surface area contributed by atoms with E-state index in [4.69, 9.17) is 14.7 Å². The van der Waals surface area contributed by atoms with Gasteiger partial charge in [0.1, 0.15) is 12.4 Å². The number of anilines is 2. The number of amides is 1. The molecule has 2 atom stereocenters. The van der Waals surface area contributed by atoms with Crippen molar-refractivity contribution >= 4 is 17.4 Å². The molecule has 224 valence electrons. The molecule has 0 aliphatic carbocycles. The Labute approximate surface area is 246 Å². The van der Waals surface area contributed by atoms with Crippen LogP contribution in [0.15, 0.2) is 36.9 Å². The summed E-state index contributed by atoms with van der Waals surface area (Å²) in [5, 5.41) is 9.49. The van der Waals surface area contributed by atoms with Crippen molar-refractivity contribution in [2.24, 2.45) is 0 Å². The molecule has 0 radical (unpaired) electrons. The Bertz CT molecular complexity index is 1340. The molecule has 2 fully saturated rings. The molecule has 5 rings (SSSR count). The average Bonchev–Trinajstić information content (AvgIpc) is 3.26. The van der Waals surface area contributed by atoms with Gasteiger partial charge in [-0.3, -0.25) is 4.79 Å². The topological polar surface area (TPSA) is 88.8 Å². The first-order valence-corrected chi connectivity index (χ1v) is 14.7. The fourth-order valence-electron chi connectivity index (χ4n) is 6.21. The number of ether oxygens (including phenoxy) is 1. The maximum atomic E-state index is 14.1. The van der Waals surface area contributed by atoms with E-state index in [-0.39, 0.29) is 23.9 Å². The van der Waals surface area contributed by atoms with Crippen molar-refractivity contribution < 1.29 is 18.3 Å². The Hall–Kier alpha value is -3.78. The van der Waals surface area contributed by atoms with E-state index in [0.29, 0.717) is 57.8 Å². The maximum absolute atomic E-state index is 14.1. The zero-order valence-electron chi connectivity index (χ0n) is 24.4. The van der Waals surface area contributed by atoms with Crippen molar-refractivity contribution in [2.75, 3.05) is 56.2 Å². The quantitative estimate of drug-likeness (QED) is 0.432. The van der Waals surface area contributed by atoms with Gasteiger partial charge in [-0.25, -0.2) is 8.78 Å². The normalized spacial score (nSPS) is 21.5. The summed E-state index contributed by atoms with van der Waals surface area (Å²) >= 11 is 0. The predicted molar refractivity (Wildman–Crippen MR) is 157 cm³/mol. The summed E-state index contributed by atoms with van der Waals surface area (Å²) in [6.45, 7) is 8.60. The minimum absolute atomic E-state index is 0.0203. The van der Waals surface area contributed by atoms with Gasteiger partial charge in [0.05, 0.1) is 30.8 Å². The van der Waals surface area contributed by atoms with Crippen molar-refractivity contribution in [3.05, 3.63) is 53.7 Å². The highest BCUT2D eigenvalue weighted by Gasteiger charge is 2.33. The maximum Gasteiger partial charge on any atom is 0.318 e. The van der Waals surface area contributed by atoms with Crippen LogP contribution in [0.3, 0.4) is 0 Å². The Morgan fingerprint density at radius 2 is 2.02 bits per heavy atom. The van der Waals surface area contributed by atoms with Gasteiger partial charge in [0.25, 0.3) is 5.92 Å². The van der Waals surface area contributed by atoms with E-state index < -0.39 is 5.92 Å². The Kier molecular flexibility index (Phi) is 8.92. The van der Waals surface area contributed by atoms with Gasteiger partial charge in [0.2, 0.25) is 5.91 Å². The standard InChI is InChI=1S/C31H39F2N7O2/c1-4-28(41)40-17-16-39(19-24(40)12-13-34)29-26-11-7-15-38(23-9-5-8-22(18-23)31(2,32)33)20-27(26)35-30(36-29)42-21-25-10-6-14-37(25)3/h4-5,8-9,18,24-25H,1,6-7,10-12,14-17,19-21H2,2-3H3/t24?,25-/m0/s1. The number of rotatable bonds is 8. The highest BCUT2D eigenvalue weighted by Crippen LogP contribution is 2.34. The molecule has 1 aromatic heterocycles. The van der Waals surface area contributed by atoms with Crippen molar-refractivity contribution in [1.29, 1.82) is 5.26 Å². The minimum atomic E-state index is -2.93. The van der Waals surface area contributed by atoms with Gasteiger partial charge in [-0.05, 0) is 57.5 Å². The molecule has 4 heterocycles. The third-order valence-corrected chi connectivity index (χ3v) is 8.61. The number of likely N-dealkylation sites (N-methyl/N-ethyl adjacent to an activating group) is 1. The number of nitrogens with zero attached hydrogens (tertiary/aromatic N) is 7. The van der Waals surface area contributed by atoms with E-state index in [9.17, 15) is 18.8 Å². The van der Waals surface area contributed by atoms with Gasteiger partial charge < -0.3 is 24.3 Å². The van der Waals surface area contributed by atoms with Gasteiger partial charge in [-0.2, -0.15) is 15.2 Å². The molecule has 0 spiro atoms. The van der Waals surface area contributed by atoms with E-state index >= 15 is 0 Å². The second kappa shape index (κ2) is 12.6. The number of carbonyl (C=O) groups is 1. The predicted octanol–water partition coefficient (Wildman–Crippen LogP) is 4.13. The largest absolute Gasteiger partial charge is 0.462 e. The lowest BCUT2D eigenvalue weighted by atomic mass is 10.1. The molecule has 1 aromatic carbocycles. The third-order valence-electron chi connectivity index (χ3n) is 8.61. The number of alkyl halides is 2. The van der Waals surface area contributed by atoms with Crippen molar-refractivity contribution in [3.8, 4) is 12.1 Å². The monoisotopic (exact) mass is 579 g/mol. The lowest BCUT2D eigenvalue weighted by Gasteiger charge is -2.41. The molecule has 42 heavy (non-hydrogen) atoms. The smallest absolute Gasteiger partial charge is 0.318 e. The number of hydrogen-bond acceptors (Lipinski definition) is 8. The van der Waals surface area contributed by atoms with Crippen LogP contribution in [0.1, 0.15) is 49.4 Å². The molecule has 0 N–H and O–H groups in total. The van der Waals surface area contributed by atoms with Gasteiger partial charge in [0, 0.05) is 56.0 Å². The molecule has 2 aromatic rings. The summed E-state index contributed by atoms with van der Waals surface area (Å²) in [7, 11) is 2.09. The number of fused-ring (bicyclic) bond motifs is 1. The number of carbonyl (C=O) groups excluding carboxylic acids is 1. The van der Waals surface area contributed by atoms with E-state index in [2.05, 4.69) is 34.4 Å². The minimum Gasteiger partial charge on any atom is -0.462 e. The second-order valence-electron chi connectivity index (χ2n) is 11.5. The van der Waals surface area contributed by atoms with Crippen LogP contribution in [0.5, 0.6) is 6.01 Å². The zero-order valence-corrected chi connectivity index (χ0v) is 24.4. The first-order valence-electron chi connectivity index (χ1n) is 14.7.